The Kier molecular flexibility index (Phi) is 7.51. The molecule has 12 heteroatoms. The molecule has 0 aliphatic rings. The minimum atomic E-state index is -4.74. The lowest BCUT2D eigenvalue weighted by Crippen LogP contribution is -2.21. The van der Waals surface area contributed by atoms with Crippen LogP contribution >= 0.6 is 11.3 Å². The lowest BCUT2D eigenvalue weighted by atomic mass is 10.2. The van der Waals surface area contributed by atoms with Crippen molar-refractivity contribution in [1.82, 2.24) is 0 Å². The third-order valence-electron chi connectivity index (χ3n) is 4.14. The van der Waals surface area contributed by atoms with Crippen LogP contribution in [0.5, 0.6) is 0 Å². The van der Waals surface area contributed by atoms with Crippen LogP contribution in [0.15, 0.2) is 70.9 Å². The molecule has 1 heterocycles. The average Bonchev–Trinajstić information content (AvgIpc) is 3.33. The number of thiophene rings is 1. The van der Waals surface area contributed by atoms with Crippen molar-refractivity contribution >= 4 is 50.3 Å². The number of esters is 1. The number of hydrogen-bond acceptors (Lipinski definition) is 7. The van der Waals surface area contributed by atoms with Gasteiger partial charge < -0.3 is 15.4 Å². The Morgan fingerprint density at radius 3 is 2.30 bits per heavy atom. The fraction of sp³-hybridized carbons (Fsp3) is 0.0952. The van der Waals surface area contributed by atoms with Crippen molar-refractivity contribution in [2.75, 3.05) is 17.2 Å². The normalized spacial score (nSPS) is 11.1. The van der Waals surface area contributed by atoms with Crippen LogP contribution in [-0.4, -0.2) is 38.6 Å². The van der Waals surface area contributed by atoms with Crippen molar-refractivity contribution in [2.24, 2.45) is 0 Å². The number of nitrogens with one attached hydrogen (secondary N) is 2. The maximum absolute atomic E-state index is 12.6. The molecule has 0 bridgehead atoms. The second-order valence-corrected chi connectivity index (χ2v) is 9.33. The zero-order chi connectivity index (χ0) is 24.0. The van der Waals surface area contributed by atoms with Crippen LogP contribution in [0.3, 0.4) is 0 Å². The Balaban J connectivity index is 1.54. The Hall–Kier alpha value is -3.64. The molecule has 3 aromatic rings. The fourth-order valence-electron chi connectivity index (χ4n) is 2.57. The molecule has 0 saturated heterocycles. The van der Waals surface area contributed by atoms with Crippen LogP contribution in [-0.2, 0) is 19.4 Å². The molecule has 0 atom stereocenters. The van der Waals surface area contributed by atoms with E-state index in [-0.39, 0.29) is 17.2 Å². The first-order valence-electron chi connectivity index (χ1n) is 9.21. The van der Waals surface area contributed by atoms with Gasteiger partial charge in [0, 0.05) is 11.4 Å². The second kappa shape index (κ2) is 10.3. The van der Waals surface area contributed by atoms with Gasteiger partial charge in [0.15, 0.2) is 6.61 Å². The summed E-state index contributed by atoms with van der Waals surface area (Å²) in [5, 5.41) is 6.77. The van der Waals surface area contributed by atoms with E-state index in [2.05, 4.69) is 10.6 Å². The Labute approximate surface area is 191 Å². The van der Waals surface area contributed by atoms with Crippen molar-refractivity contribution in [3.63, 3.8) is 0 Å². The van der Waals surface area contributed by atoms with Gasteiger partial charge >= 0.3 is 11.7 Å². The maximum atomic E-state index is 12.6. The highest BCUT2D eigenvalue weighted by Gasteiger charge is 2.26. The van der Waals surface area contributed by atoms with E-state index >= 15 is 0 Å². The molecular weight excluding hydrogens is 478 g/mol. The van der Waals surface area contributed by atoms with Gasteiger partial charge in [-0.1, -0.05) is 12.1 Å². The minimum absolute atomic E-state index is 0.105. The first-order valence-corrected chi connectivity index (χ1v) is 11.6. The van der Waals surface area contributed by atoms with Crippen molar-refractivity contribution in [2.45, 2.75) is 10.7 Å². The molecular formula is C21H16F2N2O6S2. The number of alkyl halides is 2. The summed E-state index contributed by atoms with van der Waals surface area (Å²) < 4.78 is 52.9. The number of halogens is 2. The highest BCUT2D eigenvalue weighted by molar-refractivity contribution is 7.91. The highest BCUT2D eigenvalue weighted by Crippen LogP contribution is 2.20. The van der Waals surface area contributed by atoms with E-state index in [1.165, 1.54) is 29.5 Å². The number of amides is 2. The molecule has 172 valence electrons. The Morgan fingerprint density at radius 1 is 0.939 bits per heavy atom. The van der Waals surface area contributed by atoms with Crippen molar-refractivity contribution < 1.29 is 36.3 Å². The van der Waals surface area contributed by atoms with Gasteiger partial charge in [-0.2, -0.15) is 8.78 Å². The summed E-state index contributed by atoms with van der Waals surface area (Å²) in [4.78, 5) is 36.3. The molecule has 3 rings (SSSR count). The van der Waals surface area contributed by atoms with Gasteiger partial charge in [-0.25, -0.2) is 13.2 Å². The number of rotatable bonds is 8. The molecule has 0 aliphatic heterocycles. The van der Waals surface area contributed by atoms with E-state index in [0.717, 1.165) is 24.3 Å². The molecule has 2 N–H and O–H groups in total. The summed E-state index contributed by atoms with van der Waals surface area (Å²) in [5.74, 6) is -5.42. The SMILES string of the molecule is O=C(COC(=O)c1cccc(NC(=O)c2cccs2)c1)Nc1ccc(S(=O)(=O)C(F)F)cc1. The first kappa shape index (κ1) is 24.0. The summed E-state index contributed by atoms with van der Waals surface area (Å²) in [5.41, 5.74) is 0.599. The van der Waals surface area contributed by atoms with Gasteiger partial charge in [0.1, 0.15) is 0 Å². The maximum Gasteiger partial charge on any atom is 0.341 e. The predicted octanol–water partition coefficient (Wildman–Crippen LogP) is 3.79. The van der Waals surface area contributed by atoms with Crippen LogP contribution in [0, 0.1) is 0 Å². The number of benzene rings is 2. The van der Waals surface area contributed by atoms with Gasteiger partial charge in [-0.05, 0) is 53.9 Å². The molecule has 33 heavy (non-hydrogen) atoms. The third kappa shape index (κ3) is 6.20. The minimum Gasteiger partial charge on any atom is -0.452 e. The monoisotopic (exact) mass is 494 g/mol. The molecule has 0 fully saturated rings. The van der Waals surface area contributed by atoms with E-state index in [1.807, 2.05) is 0 Å². The van der Waals surface area contributed by atoms with Crippen LogP contribution in [0.4, 0.5) is 20.2 Å². The molecule has 2 aromatic carbocycles. The fourth-order valence-corrected chi connectivity index (χ4v) is 3.91. The topological polar surface area (TPSA) is 119 Å². The smallest absolute Gasteiger partial charge is 0.341 e. The van der Waals surface area contributed by atoms with Crippen LogP contribution < -0.4 is 10.6 Å². The highest BCUT2D eigenvalue weighted by atomic mass is 32.2. The van der Waals surface area contributed by atoms with Crippen molar-refractivity contribution in [3.8, 4) is 0 Å². The molecule has 0 saturated carbocycles. The van der Waals surface area contributed by atoms with E-state index < -0.39 is 39.0 Å². The number of anilines is 2. The zero-order valence-electron chi connectivity index (χ0n) is 16.7. The molecule has 1 aromatic heterocycles. The molecule has 2 amide bonds. The Morgan fingerprint density at radius 2 is 1.67 bits per heavy atom. The van der Waals surface area contributed by atoms with Gasteiger partial charge in [0.25, 0.3) is 11.8 Å². The van der Waals surface area contributed by atoms with E-state index in [4.69, 9.17) is 4.74 Å². The summed E-state index contributed by atoms with van der Waals surface area (Å²) in [6.07, 6.45) is 0. The summed E-state index contributed by atoms with van der Waals surface area (Å²) in [6.45, 7) is -0.651. The largest absolute Gasteiger partial charge is 0.452 e. The average molecular weight is 494 g/mol. The molecule has 0 aliphatic carbocycles. The lowest BCUT2D eigenvalue weighted by molar-refractivity contribution is -0.119. The van der Waals surface area contributed by atoms with E-state index in [0.29, 0.717) is 10.6 Å². The van der Waals surface area contributed by atoms with E-state index in [9.17, 15) is 31.6 Å². The standard InChI is InChI=1S/C21H16F2N2O6S2/c22-21(23)33(29,30)16-8-6-14(7-9-16)24-18(26)12-31-20(28)13-3-1-4-15(11-13)25-19(27)17-5-2-10-32-17/h1-11,21H,12H2,(H,24,26)(H,25,27). The number of carbonyl (C=O) groups excluding carboxylic acids is 3. The summed E-state index contributed by atoms with van der Waals surface area (Å²) in [7, 11) is -4.74. The third-order valence-corrected chi connectivity index (χ3v) is 6.40. The molecule has 0 spiro atoms. The number of sulfone groups is 1. The number of ether oxygens (including phenoxy) is 1. The lowest BCUT2D eigenvalue weighted by Gasteiger charge is -2.09. The van der Waals surface area contributed by atoms with E-state index in [1.54, 1.807) is 23.6 Å². The van der Waals surface area contributed by atoms with Gasteiger partial charge in [-0.15, -0.1) is 11.3 Å². The quantitative estimate of drug-likeness (QED) is 0.460. The summed E-state index contributed by atoms with van der Waals surface area (Å²) >= 11 is 1.26. The molecule has 8 nitrogen and oxygen atoms in total. The predicted molar refractivity (Wildman–Crippen MR) is 117 cm³/mol. The van der Waals surface area contributed by atoms with Gasteiger partial charge in [-0.3, -0.25) is 9.59 Å². The molecule has 0 radical (unpaired) electrons. The summed E-state index contributed by atoms with van der Waals surface area (Å²) in [6, 6.07) is 13.5. The second-order valence-electron chi connectivity index (χ2n) is 6.47. The van der Waals surface area contributed by atoms with Gasteiger partial charge in [0.2, 0.25) is 9.84 Å². The van der Waals surface area contributed by atoms with Gasteiger partial charge in [0.05, 0.1) is 15.3 Å². The van der Waals surface area contributed by atoms with Crippen LogP contribution in [0.25, 0.3) is 0 Å². The Bertz CT molecular complexity index is 1260. The first-order chi connectivity index (χ1) is 15.7. The number of carbonyl (C=O) groups is 3. The number of hydrogen-bond donors (Lipinski definition) is 2. The molecule has 0 unspecified atom stereocenters. The van der Waals surface area contributed by atoms with Crippen molar-refractivity contribution in [3.05, 3.63) is 76.5 Å². The van der Waals surface area contributed by atoms with Crippen molar-refractivity contribution in [1.29, 1.82) is 0 Å². The zero-order valence-corrected chi connectivity index (χ0v) is 18.3. The van der Waals surface area contributed by atoms with Crippen LogP contribution in [0.1, 0.15) is 20.0 Å². The van der Waals surface area contributed by atoms with Crippen LogP contribution in [0.2, 0.25) is 0 Å².